The summed E-state index contributed by atoms with van der Waals surface area (Å²) in [5.74, 6) is 0.931. The predicted molar refractivity (Wildman–Crippen MR) is 87.6 cm³/mol. The first-order valence-corrected chi connectivity index (χ1v) is 7.71. The summed E-state index contributed by atoms with van der Waals surface area (Å²) in [6.45, 7) is 2.43. The van der Waals surface area contributed by atoms with Gasteiger partial charge in [-0.3, -0.25) is 10.00 Å². The Balaban J connectivity index is 1.60. The predicted octanol–water partition coefficient (Wildman–Crippen LogP) is 1.65. The molecule has 1 aliphatic rings. The molecule has 0 unspecified atom stereocenters. The van der Waals surface area contributed by atoms with Crippen LogP contribution in [0.5, 0.6) is 11.5 Å². The zero-order valence-electron chi connectivity index (χ0n) is 13.9. The first-order chi connectivity index (χ1) is 12.1. The highest BCUT2D eigenvalue weighted by Gasteiger charge is 2.19. The molecule has 0 atom stereocenters. The third-order valence-electron chi connectivity index (χ3n) is 3.45. The average Bonchev–Trinajstić information content (AvgIpc) is 3.19. The molecule has 2 heterocycles. The lowest BCUT2D eigenvalue weighted by atomic mass is 10.2. The molecule has 0 radical (unpaired) electrons. The highest BCUT2D eigenvalue weighted by Crippen LogP contribution is 2.32. The summed E-state index contributed by atoms with van der Waals surface area (Å²) in [7, 11) is 1.65. The Morgan fingerprint density at radius 1 is 1.32 bits per heavy atom. The van der Waals surface area contributed by atoms with Gasteiger partial charge in [-0.05, 0) is 24.6 Å². The molecule has 2 amide bonds. The molecule has 0 saturated heterocycles. The van der Waals surface area contributed by atoms with Gasteiger partial charge in [0.15, 0.2) is 17.3 Å². The van der Waals surface area contributed by atoms with E-state index in [-0.39, 0.29) is 31.3 Å². The molecular weight excluding hydrogens is 328 g/mol. The van der Waals surface area contributed by atoms with Crippen LogP contribution in [0, 0.1) is 0 Å². The molecule has 0 spiro atoms. The summed E-state index contributed by atoms with van der Waals surface area (Å²) < 4.78 is 16.9. The number of nitrogens with zero attached hydrogens (tertiary/aromatic N) is 2. The fourth-order valence-electron chi connectivity index (χ4n) is 2.32. The minimum Gasteiger partial charge on any atom is -0.462 e. The molecule has 0 bridgehead atoms. The number of urea groups is 1. The maximum absolute atomic E-state index is 12.1. The van der Waals surface area contributed by atoms with E-state index < -0.39 is 12.0 Å². The molecule has 0 aliphatic carbocycles. The van der Waals surface area contributed by atoms with Crippen LogP contribution in [0.4, 0.5) is 10.6 Å². The van der Waals surface area contributed by atoms with E-state index in [1.54, 1.807) is 26.1 Å². The molecule has 2 aromatic rings. The van der Waals surface area contributed by atoms with Gasteiger partial charge < -0.3 is 19.5 Å². The van der Waals surface area contributed by atoms with E-state index in [4.69, 9.17) is 14.2 Å². The number of aryl methyl sites for hydroxylation is 1. The van der Waals surface area contributed by atoms with Crippen molar-refractivity contribution in [1.29, 1.82) is 0 Å². The number of benzene rings is 1. The SMILES string of the molecule is CCOC(=O)c1cn(C)nc1NC(=O)NCc1ccc2c(c1)OCO2. The zero-order valence-corrected chi connectivity index (χ0v) is 13.9. The summed E-state index contributed by atoms with van der Waals surface area (Å²) in [6.07, 6.45) is 1.49. The Hall–Kier alpha value is -3.23. The number of rotatable bonds is 5. The fourth-order valence-corrected chi connectivity index (χ4v) is 2.32. The summed E-state index contributed by atoms with van der Waals surface area (Å²) >= 11 is 0. The second-order valence-electron chi connectivity index (χ2n) is 5.28. The molecule has 0 saturated carbocycles. The number of carbonyl (C=O) groups excluding carboxylic acids is 2. The second-order valence-corrected chi connectivity index (χ2v) is 5.28. The monoisotopic (exact) mass is 346 g/mol. The fraction of sp³-hybridized carbons (Fsp3) is 0.312. The van der Waals surface area contributed by atoms with Gasteiger partial charge in [0.05, 0.1) is 6.61 Å². The molecule has 1 aliphatic heterocycles. The number of esters is 1. The lowest BCUT2D eigenvalue weighted by Gasteiger charge is -2.08. The number of carbonyl (C=O) groups is 2. The summed E-state index contributed by atoms with van der Waals surface area (Å²) in [5.41, 5.74) is 1.05. The first kappa shape index (κ1) is 16.6. The van der Waals surface area contributed by atoms with Crippen LogP contribution in [-0.2, 0) is 18.3 Å². The third-order valence-corrected chi connectivity index (χ3v) is 3.45. The van der Waals surface area contributed by atoms with Gasteiger partial charge in [0.1, 0.15) is 5.56 Å². The first-order valence-electron chi connectivity index (χ1n) is 7.71. The topological polar surface area (TPSA) is 104 Å². The van der Waals surface area contributed by atoms with E-state index in [2.05, 4.69) is 15.7 Å². The quantitative estimate of drug-likeness (QED) is 0.798. The standard InChI is InChI=1S/C16H18N4O5/c1-3-23-15(21)11-8-20(2)19-14(11)18-16(22)17-7-10-4-5-12-13(6-10)25-9-24-12/h4-6,8H,3,7,9H2,1-2H3,(H2,17,18,19,22). The van der Waals surface area contributed by atoms with Crippen molar-refractivity contribution in [3.63, 3.8) is 0 Å². The van der Waals surface area contributed by atoms with Crippen LogP contribution in [0.2, 0.25) is 0 Å². The van der Waals surface area contributed by atoms with Gasteiger partial charge >= 0.3 is 12.0 Å². The highest BCUT2D eigenvalue weighted by atomic mass is 16.7. The molecule has 1 aromatic heterocycles. The molecular formula is C16H18N4O5. The molecule has 2 N–H and O–H groups in total. The maximum atomic E-state index is 12.1. The number of ether oxygens (including phenoxy) is 3. The smallest absolute Gasteiger partial charge is 0.343 e. The number of aromatic nitrogens is 2. The van der Waals surface area contributed by atoms with Gasteiger partial charge in [-0.25, -0.2) is 9.59 Å². The van der Waals surface area contributed by atoms with E-state index >= 15 is 0 Å². The molecule has 9 nitrogen and oxygen atoms in total. The van der Waals surface area contributed by atoms with Crippen LogP contribution in [0.25, 0.3) is 0 Å². The second kappa shape index (κ2) is 7.12. The third kappa shape index (κ3) is 3.82. The van der Waals surface area contributed by atoms with Gasteiger partial charge in [-0.15, -0.1) is 0 Å². The molecule has 25 heavy (non-hydrogen) atoms. The Labute approximate surface area is 143 Å². The minimum absolute atomic E-state index is 0.143. The molecule has 1 aromatic carbocycles. The van der Waals surface area contributed by atoms with Gasteiger partial charge in [-0.1, -0.05) is 6.07 Å². The summed E-state index contributed by atoms with van der Waals surface area (Å²) in [6, 6.07) is 4.93. The Morgan fingerprint density at radius 3 is 2.92 bits per heavy atom. The van der Waals surface area contributed by atoms with Crippen LogP contribution in [0.1, 0.15) is 22.8 Å². The van der Waals surface area contributed by atoms with Crippen molar-refractivity contribution < 1.29 is 23.8 Å². The van der Waals surface area contributed by atoms with Crippen molar-refractivity contribution >= 4 is 17.8 Å². The Bertz CT molecular complexity index is 802. The lowest BCUT2D eigenvalue weighted by Crippen LogP contribution is -2.29. The van der Waals surface area contributed by atoms with Gasteiger partial charge in [0, 0.05) is 19.8 Å². The largest absolute Gasteiger partial charge is 0.462 e. The van der Waals surface area contributed by atoms with E-state index in [1.165, 1.54) is 10.9 Å². The van der Waals surface area contributed by atoms with Crippen LogP contribution in [-0.4, -0.2) is 35.2 Å². The normalized spacial score (nSPS) is 11.9. The molecule has 132 valence electrons. The van der Waals surface area contributed by atoms with Gasteiger partial charge in [0.25, 0.3) is 0 Å². The van der Waals surface area contributed by atoms with Gasteiger partial charge in [-0.2, -0.15) is 5.10 Å². The van der Waals surface area contributed by atoms with Crippen LogP contribution in [0.3, 0.4) is 0 Å². The zero-order chi connectivity index (χ0) is 17.8. The van der Waals surface area contributed by atoms with Crippen molar-refractivity contribution in [2.24, 2.45) is 7.05 Å². The van der Waals surface area contributed by atoms with Crippen molar-refractivity contribution in [3.8, 4) is 11.5 Å². The van der Waals surface area contributed by atoms with Crippen molar-refractivity contribution in [1.82, 2.24) is 15.1 Å². The van der Waals surface area contributed by atoms with Crippen molar-refractivity contribution in [3.05, 3.63) is 35.5 Å². The summed E-state index contributed by atoms with van der Waals surface area (Å²) in [5, 5.41) is 9.32. The number of fused-ring (bicyclic) bond motifs is 1. The van der Waals surface area contributed by atoms with E-state index in [0.717, 1.165) is 5.56 Å². The highest BCUT2D eigenvalue weighted by molar-refractivity contribution is 5.99. The Morgan fingerprint density at radius 2 is 2.12 bits per heavy atom. The number of hydrogen-bond donors (Lipinski definition) is 2. The summed E-state index contributed by atoms with van der Waals surface area (Å²) in [4.78, 5) is 24.0. The number of hydrogen-bond acceptors (Lipinski definition) is 6. The number of nitrogens with one attached hydrogen (secondary N) is 2. The lowest BCUT2D eigenvalue weighted by molar-refractivity contribution is 0.0527. The average molecular weight is 346 g/mol. The van der Waals surface area contributed by atoms with Gasteiger partial charge in [0.2, 0.25) is 6.79 Å². The number of amides is 2. The van der Waals surface area contributed by atoms with E-state index in [0.29, 0.717) is 11.5 Å². The van der Waals surface area contributed by atoms with Crippen LogP contribution in [0.15, 0.2) is 24.4 Å². The van der Waals surface area contributed by atoms with Crippen molar-refractivity contribution in [2.45, 2.75) is 13.5 Å². The van der Waals surface area contributed by atoms with Crippen molar-refractivity contribution in [2.75, 3.05) is 18.7 Å². The van der Waals surface area contributed by atoms with E-state index in [1.807, 2.05) is 6.07 Å². The molecule has 9 heteroatoms. The molecule has 3 rings (SSSR count). The Kier molecular flexibility index (Phi) is 4.73. The molecule has 0 fully saturated rings. The minimum atomic E-state index is -0.540. The van der Waals surface area contributed by atoms with Crippen LogP contribution < -0.4 is 20.1 Å². The maximum Gasteiger partial charge on any atom is 0.343 e. The van der Waals surface area contributed by atoms with E-state index in [9.17, 15) is 9.59 Å². The van der Waals surface area contributed by atoms with Crippen LogP contribution >= 0.6 is 0 Å². The number of anilines is 1.